The van der Waals surface area contributed by atoms with Crippen LogP contribution in [0.15, 0.2) is 0 Å². The Labute approximate surface area is 135 Å². The second kappa shape index (κ2) is 7.46. The van der Waals surface area contributed by atoms with Crippen molar-refractivity contribution in [1.29, 1.82) is 0 Å². The van der Waals surface area contributed by atoms with Crippen molar-refractivity contribution in [2.24, 2.45) is 0 Å². The molecular weight excluding hydrogens is 292 g/mol. The Kier molecular flexibility index (Phi) is 5.86. The number of ether oxygens (including phenoxy) is 2. The fourth-order valence-electron chi connectivity index (χ4n) is 2.62. The van der Waals surface area contributed by atoms with Crippen LogP contribution in [0.2, 0.25) is 19.6 Å². The SMILES string of the molecule is C[Si](C)(C)C#CC#CC1(OC2CCCCO2)CCC(=O)CC1. The zero-order chi connectivity index (χ0) is 16.1. The van der Waals surface area contributed by atoms with Gasteiger partial charge in [0, 0.05) is 19.4 Å². The van der Waals surface area contributed by atoms with Crippen molar-refractivity contribution < 1.29 is 14.3 Å². The number of hydrogen-bond acceptors (Lipinski definition) is 3. The highest BCUT2D eigenvalue weighted by molar-refractivity contribution is 6.83. The highest BCUT2D eigenvalue weighted by Gasteiger charge is 2.37. The van der Waals surface area contributed by atoms with Crippen molar-refractivity contribution in [3.05, 3.63) is 0 Å². The lowest BCUT2D eigenvalue weighted by molar-refractivity contribution is -0.214. The smallest absolute Gasteiger partial charge is 0.159 e. The number of rotatable bonds is 2. The molecule has 1 unspecified atom stereocenters. The van der Waals surface area contributed by atoms with Gasteiger partial charge in [-0.05, 0) is 43.9 Å². The molecule has 120 valence electrons. The monoisotopic (exact) mass is 318 g/mol. The second-order valence-corrected chi connectivity index (χ2v) is 11.9. The molecule has 4 heteroatoms. The minimum atomic E-state index is -1.40. The van der Waals surface area contributed by atoms with E-state index < -0.39 is 13.7 Å². The fourth-order valence-corrected chi connectivity index (χ4v) is 3.06. The maximum atomic E-state index is 11.5. The second-order valence-electron chi connectivity index (χ2n) is 7.20. The molecule has 1 aliphatic heterocycles. The average molecular weight is 318 g/mol. The molecule has 0 spiro atoms. The van der Waals surface area contributed by atoms with Crippen LogP contribution < -0.4 is 0 Å². The molecule has 2 fully saturated rings. The minimum Gasteiger partial charge on any atom is -0.353 e. The summed E-state index contributed by atoms with van der Waals surface area (Å²) in [7, 11) is -1.40. The predicted octanol–water partition coefficient (Wildman–Crippen LogP) is 3.30. The summed E-state index contributed by atoms with van der Waals surface area (Å²) in [5.74, 6) is 9.50. The van der Waals surface area contributed by atoms with Gasteiger partial charge in [-0.1, -0.05) is 25.6 Å². The Balaban J connectivity index is 2.09. The third-order valence-corrected chi connectivity index (χ3v) is 4.78. The maximum Gasteiger partial charge on any atom is 0.159 e. The van der Waals surface area contributed by atoms with E-state index in [-0.39, 0.29) is 6.29 Å². The molecule has 1 heterocycles. The lowest BCUT2D eigenvalue weighted by atomic mass is 9.84. The van der Waals surface area contributed by atoms with Crippen molar-refractivity contribution in [2.75, 3.05) is 6.61 Å². The van der Waals surface area contributed by atoms with Crippen LogP contribution >= 0.6 is 0 Å². The molecular formula is C18H26O3Si. The quantitative estimate of drug-likeness (QED) is 0.579. The predicted molar refractivity (Wildman–Crippen MR) is 89.8 cm³/mol. The van der Waals surface area contributed by atoms with Crippen LogP contribution in [0.4, 0.5) is 0 Å². The topological polar surface area (TPSA) is 35.5 Å². The van der Waals surface area contributed by atoms with E-state index in [0.29, 0.717) is 31.5 Å². The minimum absolute atomic E-state index is 0.179. The van der Waals surface area contributed by atoms with Gasteiger partial charge in [0.1, 0.15) is 19.5 Å². The molecule has 0 radical (unpaired) electrons. The van der Waals surface area contributed by atoms with Gasteiger partial charge in [0.2, 0.25) is 0 Å². The van der Waals surface area contributed by atoms with E-state index in [9.17, 15) is 4.79 Å². The van der Waals surface area contributed by atoms with Crippen LogP contribution in [0.5, 0.6) is 0 Å². The van der Waals surface area contributed by atoms with Crippen LogP contribution in [-0.4, -0.2) is 32.4 Å². The number of Topliss-reactive ketones (excluding diaryl/α,β-unsaturated/α-hetero) is 1. The van der Waals surface area contributed by atoms with Crippen LogP contribution in [-0.2, 0) is 14.3 Å². The standard InChI is InChI=1S/C18H26O3Si/c1-22(2,3)15-7-5-11-18(12-9-16(19)10-13-18)21-17-8-4-6-14-20-17/h17H,4,6,8-10,12-14H2,1-3H3. The van der Waals surface area contributed by atoms with Gasteiger partial charge >= 0.3 is 0 Å². The molecule has 22 heavy (non-hydrogen) atoms. The first kappa shape index (κ1) is 17.3. The zero-order valence-electron chi connectivity index (χ0n) is 14.0. The average Bonchev–Trinajstić information content (AvgIpc) is 2.47. The van der Waals surface area contributed by atoms with Crippen LogP contribution in [0, 0.1) is 23.3 Å². The van der Waals surface area contributed by atoms with Gasteiger partial charge in [-0.25, -0.2) is 0 Å². The Bertz CT molecular complexity index is 508. The number of hydrogen-bond donors (Lipinski definition) is 0. The molecule has 0 aromatic carbocycles. The summed E-state index contributed by atoms with van der Waals surface area (Å²) in [6.07, 6.45) is 5.37. The Hall–Kier alpha value is -1.07. The van der Waals surface area contributed by atoms with Crippen LogP contribution in [0.25, 0.3) is 0 Å². The normalized spacial score (nSPS) is 24.7. The van der Waals surface area contributed by atoms with E-state index in [4.69, 9.17) is 9.47 Å². The molecule has 1 saturated carbocycles. The summed E-state index contributed by atoms with van der Waals surface area (Å²) in [5.41, 5.74) is 2.70. The number of carbonyl (C=O) groups excluding carboxylic acids is 1. The lowest BCUT2D eigenvalue weighted by Gasteiger charge is -2.36. The van der Waals surface area contributed by atoms with Crippen molar-refractivity contribution >= 4 is 13.9 Å². The molecule has 2 rings (SSSR count). The van der Waals surface area contributed by atoms with E-state index >= 15 is 0 Å². The van der Waals surface area contributed by atoms with Gasteiger partial charge in [0.25, 0.3) is 0 Å². The zero-order valence-corrected chi connectivity index (χ0v) is 15.0. The van der Waals surface area contributed by atoms with E-state index in [1.54, 1.807) is 0 Å². The van der Waals surface area contributed by atoms with E-state index in [0.717, 1.165) is 25.9 Å². The third-order valence-electron chi connectivity index (χ3n) is 3.90. The summed E-state index contributed by atoms with van der Waals surface area (Å²) in [6.45, 7) is 7.35. The van der Waals surface area contributed by atoms with Gasteiger partial charge in [-0.15, -0.1) is 5.54 Å². The van der Waals surface area contributed by atoms with Crippen LogP contribution in [0.3, 0.4) is 0 Å². The fraction of sp³-hybridized carbons (Fsp3) is 0.722. The summed E-state index contributed by atoms with van der Waals surface area (Å²) in [6, 6.07) is 0. The Morgan fingerprint density at radius 2 is 1.91 bits per heavy atom. The Morgan fingerprint density at radius 3 is 2.50 bits per heavy atom. The number of carbonyl (C=O) groups is 1. The molecule has 0 aromatic heterocycles. The van der Waals surface area contributed by atoms with Crippen molar-refractivity contribution in [2.45, 2.75) is 76.5 Å². The van der Waals surface area contributed by atoms with Crippen molar-refractivity contribution in [3.63, 3.8) is 0 Å². The summed E-state index contributed by atoms with van der Waals surface area (Å²) in [4.78, 5) is 11.5. The molecule has 0 N–H and O–H groups in total. The molecule has 0 amide bonds. The van der Waals surface area contributed by atoms with E-state index in [1.807, 2.05) is 0 Å². The maximum absolute atomic E-state index is 11.5. The van der Waals surface area contributed by atoms with Gasteiger partial charge in [0.15, 0.2) is 6.29 Å². The molecule has 2 aliphatic rings. The first-order valence-corrected chi connectivity index (χ1v) is 11.7. The van der Waals surface area contributed by atoms with Crippen LogP contribution in [0.1, 0.15) is 44.9 Å². The first-order chi connectivity index (χ1) is 10.4. The molecule has 0 bridgehead atoms. The van der Waals surface area contributed by atoms with Crippen molar-refractivity contribution in [3.8, 4) is 23.3 Å². The van der Waals surface area contributed by atoms with Gasteiger partial charge < -0.3 is 9.47 Å². The highest BCUT2D eigenvalue weighted by Crippen LogP contribution is 2.32. The third kappa shape index (κ3) is 5.61. The molecule has 0 aromatic rings. The summed E-state index contributed by atoms with van der Waals surface area (Å²) < 4.78 is 11.9. The van der Waals surface area contributed by atoms with Gasteiger partial charge in [-0.2, -0.15) is 0 Å². The van der Waals surface area contributed by atoms with Crippen molar-refractivity contribution in [1.82, 2.24) is 0 Å². The molecule has 1 aliphatic carbocycles. The van der Waals surface area contributed by atoms with E-state index in [2.05, 4.69) is 42.9 Å². The summed E-state index contributed by atoms with van der Waals surface area (Å²) in [5, 5.41) is 0. The summed E-state index contributed by atoms with van der Waals surface area (Å²) >= 11 is 0. The largest absolute Gasteiger partial charge is 0.353 e. The molecule has 1 saturated heterocycles. The highest BCUT2D eigenvalue weighted by atomic mass is 28.3. The van der Waals surface area contributed by atoms with Gasteiger partial charge in [-0.3, -0.25) is 4.79 Å². The van der Waals surface area contributed by atoms with Gasteiger partial charge in [0.05, 0.1) is 0 Å². The molecule has 3 nitrogen and oxygen atoms in total. The molecule has 1 atom stereocenters. The lowest BCUT2D eigenvalue weighted by Crippen LogP contribution is -2.41. The van der Waals surface area contributed by atoms with E-state index in [1.165, 1.54) is 0 Å². The number of ketones is 1. The Morgan fingerprint density at radius 1 is 1.18 bits per heavy atom. The first-order valence-electron chi connectivity index (χ1n) is 8.24.